The van der Waals surface area contributed by atoms with Crippen molar-refractivity contribution in [3.05, 3.63) is 0 Å². The molecule has 1 saturated heterocycles. The highest BCUT2D eigenvalue weighted by Gasteiger charge is 2.35. The van der Waals surface area contributed by atoms with Gasteiger partial charge in [-0.3, -0.25) is 4.90 Å². The lowest BCUT2D eigenvalue weighted by Crippen LogP contribution is -2.51. The largest absolute Gasteiger partial charge is 0.385 e. The lowest BCUT2D eigenvalue weighted by molar-refractivity contribution is 0.0603. The van der Waals surface area contributed by atoms with E-state index in [0.29, 0.717) is 12.6 Å². The van der Waals surface area contributed by atoms with E-state index in [2.05, 4.69) is 11.8 Å². The van der Waals surface area contributed by atoms with Crippen molar-refractivity contribution in [1.29, 1.82) is 0 Å². The highest BCUT2D eigenvalue weighted by atomic mass is 16.5. The molecule has 1 aliphatic heterocycles. The van der Waals surface area contributed by atoms with Crippen LogP contribution >= 0.6 is 0 Å². The van der Waals surface area contributed by atoms with E-state index in [0.717, 1.165) is 32.5 Å². The minimum atomic E-state index is 0.0588. The first-order valence-corrected chi connectivity index (χ1v) is 5.63. The second-order valence-electron chi connectivity index (χ2n) is 4.54. The number of hydrogen-bond acceptors (Lipinski definition) is 4. The van der Waals surface area contributed by atoms with Gasteiger partial charge in [-0.15, -0.1) is 0 Å². The number of methoxy groups -OCH3 is 2. The summed E-state index contributed by atoms with van der Waals surface area (Å²) in [5.41, 5.74) is 5.94. The van der Waals surface area contributed by atoms with Crippen LogP contribution in [-0.4, -0.2) is 57.0 Å². The first kappa shape index (κ1) is 12.9. The second-order valence-corrected chi connectivity index (χ2v) is 4.54. The van der Waals surface area contributed by atoms with Gasteiger partial charge in [0, 0.05) is 46.0 Å². The van der Waals surface area contributed by atoms with Crippen molar-refractivity contribution < 1.29 is 9.47 Å². The fourth-order valence-electron chi connectivity index (χ4n) is 2.12. The van der Waals surface area contributed by atoms with Gasteiger partial charge in [0.05, 0.1) is 6.10 Å². The molecule has 0 radical (unpaired) electrons. The molecule has 4 heteroatoms. The van der Waals surface area contributed by atoms with Crippen molar-refractivity contribution in [3.8, 4) is 0 Å². The normalized spacial score (nSPS) is 26.8. The average molecular weight is 216 g/mol. The van der Waals surface area contributed by atoms with Gasteiger partial charge in [-0.1, -0.05) is 0 Å². The maximum atomic E-state index is 5.88. The SMILES string of the molecule is COCCC(C)(CN)N1CCC(OC)C1. The van der Waals surface area contributed by atoms with Crippen molar-refractivity contribution in [2.24, 2.45) is 5.73 Å². The Hall–Kier alpha value is -0.160. The molecule has 4 nitrogen and oxygen atoms in total. The lowest BCUT2D eigenvalue weighted by atomic mass is 9.96. The Kier molecular flexibility index (Phi) is 4.99. The zero-order valence-corrected chi connectivity index (χ0v) is 10.2. The lowest BCUT2D eigenvalue weighted by Gasteiger charge is -2.38. The molecule has 1 fully saturated rings. The monoisotopic (exact) mass is 216 g/mol. The number of nitrogens with two attached hydrogens (primary N) is 1. The number of nitrogens with zero attached hydrogens (tertiary/aromatic N) is 1. The van der Waals surface area contributed by atoms with Gasteiger partial charge < -0.3 is 15.2 Å². The van der Waals surface area contributed by atoms with Gasteiger partial charge in [-0.2, -0.15) is 0 Å². The summed E-state index contributed by atoms with van der Waals surface area (Å²) in [5.74, 6) is 0. The van der Waals surface area contributed by atoms with Gasteiger partial charge >= 0.3 is 0 Å². The third-order valence-corrected chi connectivity index (χ3v) is 3.53. The molecular weight excluding hydrogens is 192 g/mol. The third-order valence-electron chi connectivity index (χ3n) is 3.53. The molecule has 2 atom stereocenters. The summed E-state index contributed by atoms with van der Waals surface area (Å²) in [6, 6.07) is 0. The van der Waals surface area contributed by atoms with Gasteiger partial charge in [-0.05, 0) is 19.8 Å². The zero-order valence-electron chi connectivity index (χ0n) is 10.2. The highest BCUT2D eigenvalue weighted by Crippen LogP contribution is 2.24. The van der Waals surface area contributed by atoms with Crippen LogP contribution in [0.15, 0.2) is 0 Å². The number of ether oxygens (including phenoxy) is 2. The van der Waals surface area contributed by atoms with E-state index in [1.807, 2.05) is 0 Å². The van der Waals surface area contributed by atoms with Gasteiger partial charge in [0.15, 0.2) is 0 Å². The van der Waals surface area contributed by atoms with Crippen molar-refractivity contribution in [1.82, 2.24) is 4.90 Å². The molecule has 0 bridgehead atoms. The van der Waals surface area contributed by atoms with Crippen LogP contribution in [0.4, 0.5) is 0 Å². The van der Waals surface area contributed by atoms with E-state index in [1.165, 1.54) is 0 Å². The Labute approximate surface area is 92.7 Å². The summed E-state index contributed by atoms with van der Waals surface area (Å²) in [4.78, 5) is 2.43. The summed E-state index contributed by atoms with van der Waals surface area (Å²) < 4.78 is 10.5. The maximum Gasteiger partial charge on any atom is 0.0710 e. The van der Waals surface area contributed by atoms with Crippen molar-refractivity contribution in [2.45, 2.75) is 31.4 Å². The van der Waals surface area contributed by atoms with E-state index in [4.69, 9.17) is 15.2 Å². The standard InChI is InChI=1S/C11H24N2O2/c1-11(9-12,5-7-14-2)13-6-4-10(8-13)15-3/h10H,4-9,12H2,1-3H3. The topological polar surface area (TPSA) is 47.7 Å². The van der Waals surface area contributed by atoms with Crippen LogP contribution in [0.25, 0.3) is 0 Å². The summed E-state index contributed by atoms with van der Waals surface area (Å²) in [7, 11) is 3.52. The van der Waals surface area contributed by atoms with E-state index >= 15 is 0 Å². The summed E-state index contributed by atoms with van der Waals surface area (Å²) >= 11 is 0. The Bertz CT molecular complexity index is 189. The van der Waals surface area contributed by atoms with Gasteiger partial charge in [0.2, 0.25) is 0 Å². The predicted octanol–water partition coefficient (Wildman–Crippen LogP) is 0.461. The first-order chi connectivity index (χ1) is 7.16. The Morgan fingerprint density at radius 3 is 2.67 bits per heavy atom. The van der Waals surface area contributed by atoms with Crippen LogP contribution in [0, 0.1) is 0 Å². The predicted molar refractivity (Wildman–Crippen MR) is 60.9 cm³/mol. The van der Waals surface area contributed by atoms with E-state index in [-0.39, 0.29) is 5.54 Å². The molecule has 1 heterocycles. The molecule has 90 valence electrons. The Morgan fingerprint density at radius 1 is 1.47 bits per heavy atom. The van der Waals surface area contributed by atoms with Crippen molar-refractivity contribution in [3.63, 3.8) is 0 Å². The van der Waals surface area contributed by atoms with Crippen LogP contribution < -0.4 is 5.73 Å². The fraction of sp³-hybridized carbons (Fsp3) is 1.00. The molecule has 2 unspecified atom stereocenters. The van der Waals surface area contributed by atoms with Crippen LogP contribution in [0.2, 0.25) is 0 Å². The molecule has 1 aliphatic rings. The van der Waals surface area contributed by atoms with Gasteiger partial charge in [-0.25, -0.2) is 0 Å². The van der Waals surface area contributed by atoms with Crippen LogP contribution in [0.1, 0.15) is 19.8 Å². The second kappa shape index (κ2) is 5.80. The molecule has 2 N–H and O–H groups in total. The third kappa shape index (κ3) is 3.14. The summed E-state index contributed by atoms with van der Waals surface area (Å²) in [6.45, 7) is 5.72. The van der Waals surface area contributed by atoms with E-state index in [1.54, 1.807) is 14.2 Å². The molecule has 1 rings (SSSR count). The van der Waals surface area contributed by atoms with Gasteiger partial charge in [0.25, 0.3) is 0 Å². The number of rotatable bonds is 6. The van der Waals surface area contributed by atoms with Crippen LogP contribution in [-0.2, 0) is 9.47 Å². The van der Waals surface area contributed by atoms with E-state index < -0.39 is 0 Å². The number of likely N-dealkylation sites (tertiary alicyclic amines) is 1. The highest BCUT2D eigenvalue weighted by molar-refractivity contribution is 4.92. The molecule has 15 heavy (non-hydrogen) atoms. The molecular formula is C11H24N2O2. The minimum absolute atomic E-state index is 0.0588. The molecule has 0 aromatic carbocycles. The van der Waals surface area contributed by atoms with Crippen molar-refractivity contribution in [2.75, 3.05) is 40.5 Å². The Balaban J connectivity index is 2.50. The summed E-state index contributed by atoms with van der Waals surface area (Å²) in [6.07, 6.45) is 2.47. The zero-order chi connectivity index (χ0) is 11.3. The molecule has 0 saturated carbocycles. The molecule has 0 amide bonds. The van der Waals surface area contributed by atoms with Crippen LogP contribution in [0.5, 0.6) is 0 Å². The Morgan fingerprint density at radius 2 is 2.20 bits per heavy atom. The number of hydrogen-bond donors (Lipinski definition) is 1. The van der Waals surface area contributed by atoms with Crippen LogP contribution in [0.3, 0.4) is 0 Å². The molecule has 0 spiro atoms. The van der Waals surface area contributed by atoms with Gasteiger partial charge in [0.1, 0.15) is 0 Å². The maximum absolute atomic E-state index is 5.88. The average Bonchev–Trinajstić information content (AvgIpc) is 2.75. The molecule has 0 aliphatic carbocycles. The minimum Gasteiger partial charge on any atom is -0.385 e. The quantitative estimate of drug-likeness (QED) is 0.701. The first-order valence-electron chi connectivity index (χ1n) is 5.63. The smallest absolute Gasteiger partial charge is 0.0710 e. The molecule has 0 aromatic heterocycles. The molecule has 0 aromatic rings. The van der Waals surface area contributed by atoms with Crippen molar-refractivity contribution >= 4 is 0 Å². The van der Waals surface area contributed by atoms with E-state index in [9.17, 15) is 0 Å². The summed E-state index contributed by atoms with van der Waals surface area (Å²) in [5, 5.41) is 0. The fourth-order valence-corrected chi connectivity index (χ4v) is 2.12.